The number of halogens is 1. The number of carbonyl (C=O) groups excluding carboxylic acids is 1. The molecule has 1 amide bonds. The van der Waals surface area contributed by atoms with Crippen LogP contribution in [0.2, 0.25) is 0 Å². The van der Waals surface area contributed by atoms with E-state index >= 15 is 0 Å². The standard InChI is InChI=1S/C10H19ClN2O3/c1-6(2)7(8(11)13-15)12-9(14)16-10(3,4)5/h6-7,15H,1-5H3,(H,12,14)/b13-8-. The van der Waals surface area contributed by atoms with Gasteiger partial charge in [-0.2, -0.15) is 0 Å². The maximum Gasteiger partial charge on any atom is 0.408 e. The largest absolute Gasteiger partial charge is 0.444 e. The molecule has 0 aromatic heterocycles. The zero-order valence-corrected chi connectivity index (χ0v) is 11.0. The molecule has 0 aliphatic carbocycles. The van der Waals surface area contributed by atoms with Crippen molar-refractivity contribution in [2.75, 3.05) is 0 Å². The quantitative estimate of drug-likeness (QED) is 0.459. The topological polar surface area (TPSA) is 70.9 Å². The van der Waals surface area contributed by atoms with Crippen molar-refractivity contribution in [3.8, 4) is 0 Å². The molecule has 0 saturated carbocycles. The van der Waals surface area contributed by atoms with Crippen LogP contribution in [0.15, 0.2) is 5.16 Å². The summed E-state index contributed by atoms with van der Waals surface area (Å²) in [6, 6.07) is -0.554. The summed E-state index contributed by atoms with van der Waals surface area (Å²) in [5.41, 5.74) is -0.575. The first-order chi connectivity index (χ1) is 7.17. The molecule has 0 aromatic carbocycles. The Morgan fingerprint density at radius 1 is 1.44 bits per heavy atom. The number of hydrogen-bond acceptors (Lipinski definition) is 4. The minimum absolute atomic E-state index is 0.00378. The lowest BCUT2D eigenvalue weighted by Crippen LogP contribution is -2.45. The molecule has 0 radical (unpaired) electrons. The van der Waals surface area contributed by atoms with Crippen molar-refractivity contribution >= 4 is 22.9 Å². The number of oxime groups is 1. The Morgan fingerprint density at radius 2 is 1.94 bits per heavy atom. The van der Waals surface area contributed by atoms with E-state index in [0.29, 0.717) is 0 Å². The van der Waals surface area contributed by atoms with Gasteiger partial charge in [-0.05, 0) is 26.7 Å². The van der Waals surface area contributed by atoms with Crippen LogP contribution in [-0.2, 0) is 4.74 Å². The van der Waals surface area contributed by atoms with Crippen LogP contribution < -0.4 is 5.32 Å². The summed E-state index contributed by atoms with van der Waals surface area (Å²) in [6.45, 7) is 8.97. The molecule has 0 bridgehead atoms. The fraction of sp³-hybridized carbons (Fsp3) is 0.800. The second kappa shape index (κ2) is 5.94. The highest BCUT2D eigenvalue weighted by molar-refractivity contribution is 6.66. The second-order valence-electron chi connectivity index (χ2n) is 4.79. The molecule has 94 valence electrons. The third-order valence-electron chi connectivity index (χ3n) is 1.69. The lowest BCUT2D eigenvalue weighted by Gasteiger charge is -2.24. The number of amides is 1. The van der Waals surface area contributed by atoms with E-state index in [1.54, 1.807) is 20.8 Å². The molecule has 2 N–H and O–H groups in total. The minimum Gasteiger partial charge on any atom is -0.444 e. The van der Waals surface area contributed by atoms with Gasteiger partial charge >= 0.3 is 6.09 Å². The highest BCUT2D eigenvalue weighted by Crippen LogP contribution is 2.10. The zero-order chi connectivity index (χ0) is 12.9. The number of carbonyl (C=O) groups is 1. The Hall–Kier alpha value is -0.970. The van der Waals surface area contributed by atoms with Crippen LogP contribution >= 0.6 is 11.6 Å². The van der Waals surface area contributed by atoms with Crippen molar-refractivity contribution < 1.29 is 14.7 Å². The summed E-state index contributed by atoms with van der Waals surface area (Å²) < 4.78 is 5.07. The number of nitrogens with zero attached hydrogens (tertiary/aromatic N) is 1. The van der Waals surface area contributed by atoms with Crippen LogP contribution in [0.5, 0.6) is 0 Å². The van der Waals surface area contributed by atoms with E-state index in [-0.39, 0.29) is 11.1 Å². The van der Waals surface area contributed by atoms with Crippen LogP contribution in [0.3, 0.4) is 0 Å². The first kappa shape index (κ1) is 15.0. The third kappa shape index (κ3) is 5.80. The summed E-state index contributed by atoms with van der Waals surface area (Å²) in [7, 11) is 0. The lowest BCUT2D eigenvalue weighted by atomic mass is 10.1. The van der Waals surface area contributed by atoms with Gasteiger partial charge in [0.25, 0.3) is 0 Å². The Morgan fingerprint density at radius 3 is 2.25 bits per heavy atom. The van der Waals surface area contributed by atoms with E-state index < -0.39 is 17.7 Å². The van der Waals surface area contributed by atoms with Gasteiger partial charge in [0.2, 0.25) is 0 Å². The van der Waals surface area contributed by atoms with Crippen LogP contribution in [-0.4, -0.2) is 28.1 Å². The Balaban J connectivity index is 4.48. The summed E-state index contributed by atoms with van der Waals surface area (Å²) in [5, 5.41) is 13.9. The summed E-state index contributed by atoms with van der Waals surface area (Å²) >= 11 is 5.67. The molecule has 0 heterocycles. The van der Waals surface area contributed by atoms with Crippen LogP contribution in [0.4, 0.5) is 4.79 Å². The van der Waals surface area contributed by atoms with E-state index in [1.807, 2.05) is 13.8 Å². The van der Waals surface area contributed by atoms with E-state index in [2.05, 4.69) is 10.5 Å². The highest BCUT2D eigenvalue weighted by Gasteiger charge is 2.24. The van der Waals surface area contributed by atoms with Crippen LogP contribution in [0, 0.1) is 5.92 Å². The zero-order valence-electron chi connectivity index (χ0n) is 10.2. The van der Waals surface area contributed by atoms with Crippen LogP contribution in [0.1, 0.15) is 34.6 Å². The van der Waals surface area contributed by atoms with Crippen molar-refractivity contribution in [2.24, 2.45) is 11.1 Å². The lowest BCUT2D eigenvalue weighted by molar-refractivity contribution is 0.0508. The third-order valence-corrected chi connectivity index (χ3v) is 2.00. The molecule has 0 saturated heterocycles. The van der Waals surface area contributed by atoms with Gasteiger partial charge in [-0.3, -0.25) is 0 Å². The number of rotatable bonds is 3. The van der Waals surface area contributed by atoms with Gasteiger partial charge in [0.15, 0.2) is 5.17 Å². The average Bonchev–Trinajstić information content (AvgIpc) is 2.09. The fourth-order valence-electron chi connectivity index (χ4n) is 0.998. The Kier molecular flexibility index (Phi) is 5.58. The van der Waals surface area contributed by atoms with Gasteiger partial charge in [-0.1, -0.05) is 30.6 Å². The average molecular weight is 251 g/mol. The van der Waals surface area contributed by atoms with Gasteiger partial charge in [0.1, 0.15) is 5.60 Å². The summed E-state index contributed by atoms with van der Waals surface area (Å²) in [5.74, 6) is -0.00378. The maximum absolute atomic E-state index is 11.5. The molecule has 0 aliphatic heterocycles. The van der Waals surface area contributed by atoms with Crippen molar-refractivity contribution in [3.63, 3.8) is 0 Å². The predicted octanol–water partition coefficient (Wildman–Crippen LogP) is 2.56. The van der Waals surface area contributed by atoms with Gasteiger partial charge in [-0.25, -0.2) is 4.79 Å². The molecule has 1 atom stereocenters. The second-order valence-corrected chi connectivity index (χ2v) is 5.18. The normalized spacial score (nSPS) is 14.8. The van der Waals surface area contributed by atoms with Crippen molar-refractivity contribution in [1.29, 1.82) is 0 Å². The Labute approximate surface area is 101 Å². The molecule has 0 rings (SSSR count). The van der Waals surface area contributed by atoms with E-state index in [4.69, 9.17) is 21.5 Å². The van der Waals surface area contributed by atoms with Gasteiger partial charge in [-0.15, -0.1) is 0 Å². The number of ether oxygens (including phenoxy) is 1. The number of hydrogen-bond donors (Lipinski definition) is 2. The smallest absolute Gasteiger partial charge is 0.408 e. The van der Waals surface area contributed by atoms with E-state index in [0.717, 1.165) is 0 Å². The molecule has 0 aliphatic rings. The van der Waals surface area contributed by atoms with Gasteiger partial charge in [0, 0.05) is 0 Å². The predicted molar refractivity (Wildman–Crippen MR) is 63.1 cm³/mol. The molecule has 0 spiro atoms. The maximum atomic E-state index is 11.5. The van der Waals surface area contributed by atoms with E-state index in [1.165, 1.54) is 0 Å². The SMILES string of the molecule is CC(C)C(NC(=O)OC(C)(C)C)/C(Cl)=N/O. The molecule has 1 unspecified atom stereocenters. The molecule has 0 fully saturated rings. The van der Waals surface area contributed by atoms with Crippen molar-refractivity contribution in [1.82, 2.24) is 5.32 Å². The molecule has 5 nitrogen and oxygen atoms in total. The van der Waals surface area contributed by atoms with Crippen molar-refractivity contribution in [2.45, 2.75) is 46.3 Å². The number of nitrogens with one attached hydrogen (secondary N) is 1. The van der Waals surface area contributed by atoms with Gasteiger partial charge in [0.05, 0.1) is 6.04 Å². The first-order valence-electron chi connectivity index (χ1n) is 5.04. The molecular formula is C10H19ClN2O3. The number of alkyl carbamates (subject to hydrolysis) is 1. The monoisotopic (exact) mass is 250 g/mol. The van der Waals surface area contributed by atoms with Gasteiger partial charge < -0.3 is 15.3 Å². The van der Waals surface area contributed by atoms with Crippen molar-refractivity contribution in [3.05, 3.63) is 0 Å². The van der Waals surface area contributed by atoms with Crippen LogP contribution in [0.25, 0.3) is 0 Å². The first-order valence-corrected chi connectivity index (χ1v) is 5.42. The minimum atomic E-state index is -0.590. The summed E-state index contributed by atoms with van der Waals surface area (Å²) in [6.07, 6.45) is -0.590. The molecule has 16 heavy (non-hydrogen) atoms. The highest BCUT2D eigenvalue weighted by atomic mass is 35.5. The van der Waals surface area contributed by atoms with E-state index in [9.17, 15) is 4.79 Å². The molecular weight excluding hydrogens is 232 g/mol. The molecule has 0 aromatic rings. The summed E-state index contributed by atoms with van der Waals surface area (Å²) in [4.78, 5) is 11.5. The molecule has 6 heteroatoms. The fourth-order valence-corrected chi connectivity index (χ4v) is 1.30. The Bertz CT molecular complexity index is 272.